The summed E-state index contributed by atoms with van der Waals surface area (Å²) in [6.07, 6.45) is 0. The van der Waals surface area contributed by atoms with Crippen molar-refractivity contribution in [2.45, 2.75) is 12.1 Å². The van der Waals surface area contributed by atoms with Crippen LogP contribution in [-0.4, -0.2) is 34.2 Å². The van der Waals surface area contributed by atoms with Crippen molar-refractivity contribution in [1.29, 1.82) is 0 Å². The van der Waals surface area contributed by atoms with Crippen LogP contribution in [-0.2, 0) is 9.53 Å². The van der Waals surface area contributed by atoms with Crippen LogP contribution in [0.3, 0.4) is 0 Å². The second kappa shape index (κ2) is 9.15. The van der Waals surface area contributed by atoms with E-state index in [1.54, 1.807) is 13.0 Å². The SMILES string of the molecule is CCOC(=O)c1cc(-c2ccccc2)sc1NC(=O)CSc1nc2ccccc2[nH]1. The van der Waals surface area contributed by atoms with Gasteiger partial charge >= 0.3 is 5.97 Å². The summed E-state index contributed by atoms with van der Waals surface area (Å²) < 4.78 is 5.16. The summed E-state index contributed by atoms with van der Waals surface area (Å²) >= 11 is 2.67. The van der Waals surface area contributed by atoms with Crippen molar-refractivity contribution in [3.8, 4) is 10.4 Å². The fourth-order valence-electron chi connectivity index (χ4n) is 2.88. The van der Waals surface area contributed by atoms with Gasteiger partial charge in [0.25, 0.3) is 0 Å². The van der Waals surface area contributed by atoms with Crippen LogP contribution in [0.4, 0.5) is 5.00 Å². The molecule has 2 N–H and O–H groups in total. The molecule has 6 nitrogen and oxygen atoms in total. The van der Waals surface area contributed by atoms with Crippen LogP contribution < -0.4 is 5.32 Å². The van der Waals surface area contributed by atoms with Crippen LogP contribution in [0.5, 0.6) is 0 Å². The highest BCUT2D eigenvalue weighted by atomic mass is 32.2. The first-order chi connectivity index (χ1) is 14.6. The molecule has 152 valence electrons. The van der Waals surface area contributed by atoms with Gasteiger partial charge in [0.2, 0.25) is 5.91 Å². The smallest absolute Gasteiger partial charge is 0.341 e. The molecule has 2 heterocycles. The number of benzene rings is 2. The predicted octanol–water partition coefficient (Wildman–Crippen LogP) is 5.20. The third-order valence-electron chi connectivity index (χ3n) is 4.25. The molecule has 1 amide bonds. The Hall–Kier alpha value is -3.10. The number of ether oxygens (including phenoxy) is 1. The Morgan fingerprint density at radius 2 is 1.90 bits per heavy atom. The first kappa shape index (κ1) is 20.2. The van der Waals surface area contributed by atoms with Gasteiger partial charge in [-0.1, -0.05) is 54.2 Å². The zero-order valence-corrected chi connectivity index (χ0v) is 17.8. The van der Waals surface area contributed by atoms with Gasteiger partial charge in [-0.25, -0.2) is 9.78 Å². The molecule has 0 atom stereocenters. The number of rotatable bonds is 7. The van der Waals surface area contributed by atoms with E-state index >= 15 is 0 Å². The lowest BCUT2D eigenvalue weighted by molar-refractivity contribution is -0.113. The van der Waals surface area contributed by atoms with E-state index in [2.05, 4.69) is 15.3 Å². The number of nitrogens with zero attached hydrogens (tertiary/aromatic N) is 1. The van der Waals surface area contributed by atoms with Gasteiger partial charge in [-0.05, 0) is 30.7 Å². The normalized spacial score (nSPS) is 10.8. The lowest BCUT2D eigenvalue weighted by atomic mass is 10.1. The van der Waals surface area contributed by atoms with Gasteiger partial charge < -0.3 is 15.0 Å². The van der Waals surface area contributed by atoms with Crippen molar-refractivity contribution in [2.75, 3.05) is 17.7 Å². The highest BCUT2D eigenvalue weighted by molar-refractivity contribution is 7.99. The van der Waals surface area contributed by atoms with Crippen molar-refractivity contribution < 1.29 is 14.3 Å². The summed E-state index contributed by atoms with van der Waals surface area (Å²) in [7, 11) is 0. The maximum atomic E-state index is 12.6. The molecule has 0 fully saturated rings. The minimum Gasteiger partial charge on any atom is -0.462 e. The van der Waals surface area contributed by atoms with Crippen molar-refractivity contribution in [3.05, 3.63) is 66.2 Å². The number of carbonyl (C=O) groups is 2. The van der Waals surface area contributed by atoms with Gasteiger partial charge in [0.15, 0.2) is 5.16 Å². The molecule has 0 radical (unpaired) electrons. The Morgan fingerprint density at radius 1 is 1.13 bits per heavy atom. The fourth-order valence-corrected chi connectivity index (χ4v) is 4.64. The van der Waals surface area contributed by atoms with E-state index in [1.165, 1.54) is 23.1 Å². The topological polar surface area (TPSA) is 84.1 Å². The van der Waals surface area contributed by atoms with E-state index in [1.807, 2.05) is 54.6 Å². The Bertz CT molecular complexity index is 1150. The second-order valence-corrected chi connectivity index (χ2v) is 8.35. The van der Waals surface area contributed by atoms with Crippen molar-refractivity contribution in [1.82, 2.24) is 9.97 Å². The van der Waals surface area contributed by atoms with Gasteiger partial charge in [-0.3, -0.25) is 4.79 Å². The van der Waals surface area contributed by atoms with Gasteiger partial charge in [-0.2, -0.15) is 0 Å². The molecule has 30 heavy (non-hydrogen) atoms. The number of H-pyrrole nitrogens is 1. The summed E-state index contributed by atoms with van der Waals surface area (Å²) in [5, 5.41) is 4.02. The standard InChI is InChI=1S/C22H19N3O3S2/c1-2-28-21(27)15-12-18(14-8-4-3-5-9-14)30-20(15)25-19(26)13-29-22-23-16-10-6-7-11-17(16)24-22/h3-12H,2,13H2,1H3,(H,23,24)(H,25,26). The maximum Gasteiger partial charge on any atom is 0.341 e. The Balaban J connectivity index is 1.49. The molecular formula is C22H19N3O3S2. The van der Waals surface area contributed by atoms with E-state index < -0.39 is 5.97 Å². The number of anilines is 1. The van der Waals surface area contributed by atoms with E-state index in [9.17, 15) is 9.59 Å². The Morgan fingerprint density at radius 3 is 2.67 bits per heavy atom. The molecule has 0 unspecified atom stereocenters. The average molecular weight is 438 g/mol. The minimum absolute atomic E-state index is 0.167. The largest absolute Gasteiger partial charge is 0.462 e. The second-order valence-electron chi connectivity index (χ2n) is 6.34. The molecule has 0 saturated heterocycles. The zero-order valence-electron chi connectivity index (χ0n) is 16.2. The summed E-state index contributed by atoms with van der Waals surface area (Å²) in [6.45, 7) is 2.02. The number of hydrogen-bond acceptors (Lipinski definition) is 6. The fraction of sp³-hybridized carbons (Fsp3) is 0.136. The number of fused-ring (bicyclic) bond motifs is 1. The number of thioether (sulfide) groups is 1. The summed E-state index contributed by atoms with van der Waals surface area (Å²) in [5.74, 6) is -0.496. The Kier molecular flexibility index (Phi) is 6.15. The Labute approximate surface area is 181 Å². The molecule has 0 spiro atoms. The van der Waals surface area contributed by atoms with Crippen LogP contribution in [0.15, 0.2) is 65.8 Å². The molecule has 0 saturated carbocycles. The van der Waals surface area contributed by atoms with Crippen LogP contribution in [0.1, 0.15) is 17.3 Å². The number of para-hydroxylation sites is 2. The number of amides is 1. The number of carbonyl (C=O) groups excluding carboxylic acids is 2. The first-order valence-corrected chi connectivity index (χ1v) is 11.2. The molecule has 2 aromatic heterocycles. The van der Waals surface area contributed by atoms with Gasteiger partial charge in [-0.15, -0.1) is 11.3 Å². The van der Waals surface area contributed by atoms with E-state index in [4.69, 9.17) is 4.74 Å². The lowest BCUT2D eigenvalue weighted by Gasteiger charge is -2.05. The third-order valence-corrected chi connectivity index (χ3v) is 6.22. The molecule has 4 rings (SSSR count). The maximum absolute atomic E-state index is 12.6. The highest BCUT2D eigenvalue weighted by Crippen LogP contribution is 2.36. The molecule has 4 aromatic rings. The van der Waals surface area contributed by atoms with Crippen LogP contribution in [0, 0.1) is 0 Å². The summed E-state index contributed by atoms with van der Waals surface area (Å²) in [5.41, 5.74) is 3.12. The quantitative estimate of drug-likeness (QED) is 0.307. The zero-order chi connectivity index (χ0) is 20.9. The lowest BCUT2D eigenvalue weighted by Crippen LogP contribution is -2.16. The molecular weight excluding hydrogens is 418 g/mol. The number of imidazole rings is 1. The van der Waals surface area contributed by atoms with Gasteiger partial charge in [0, 0.05) is 4.88 Å². The highest BCUT2D eigenvalue weighted by Gasteiger charge is 2.20. The van der Waals surface area contributed by atoms with Crippen molar-refractivity contribution >= 4 is 51.0 Å². The third kappa shape index (κ3) is 4.55. The number of nitrogens with one attached hydrogen (secondary N) is 2. The van der Waals surface area contributed by atoms with Crippen LogP contribution >= 0.6 is 23.1 Å². The number of aromatic amines is 1. The first-order valence-electron chi connectivity index (χ1n) is 9.38. The number of esters is 1. The molecule has 0 aliphatic carbocycles. The predicted molar refractivity (Wildman–Crippen MR) is 121 cm³/mol. The van der Waals surface area contributed by atoms with Crippen molar-refractivity contribution in [2.24, 2.45) is 0 Å². The number of thiophene rings is 1. The molecule has 8 heteroatoms. The van der Waals surface area contributed by atoms with Crippen LogP contribution in [0.25, 0.3) is 21.5 Å². The average Bonchev–Trinajstić information content (AvgIpc) is 3.37. The molecule has 0 aliphatic rings. The molecule has 2 aromatic carbocycles. The number of hydrogen-bond donors (Lipinski definition) is 2. The summed E-state index contributed by atoms with van der Waals surface area (Å²) in [6, 6.07) is 19.2. The molecule has 0 bridgehead atoms. The molecule has 0 aliphatic heterocycles. The van der Waals surface area contributed by atoms with E-state index in [0.29, 0.717) is 15.7 Å². The minimum atomic E-state index is -0.448. The van der Waals surface area contributed by atoms with Crippen LogP contribution in [0.2, 0.25) is 0 Å². The van der Waals surface area contributed by atoms with E-state index in [-0.39, 0.29) is 18.3 Å². The number of aromatic nitrogens is 2. The van der Waals surface area contributed by atoms with Crippen molar-refractivity contribution in [3.63, 3.8) is 0 Å². The van der Waals surface area contributed by atoms with Gasteiger partial charge in [0.05, 0.1) is 29.0 Å². The van der Waals surface area contributed by atoms with Gasteiger partial charge in [0.1, 0.15) is 5.00 Å². The summed E-state index contributed by atoms with van der Waals surface area (Å²) in [4.78, 5) is 33.5. The monoisotopic (exact) mass is 437 g/mol. The van der Waals surface area contributed by atoms with E-state index in [0.717, 1.165) is 21.5 Å².